The van der Waals surface area contributed by atoms with E-state index in [9.17, 15) is 4.79 Å². The Morgan fingerprint density at radius 3 is 2.60 bits per heavy atom. The number of nitrogens with zero attached hydrogens (tertiary/aromatic N) is 4. The van der Waals surface area contributed by atoms with Crippen LogP contribution in [0.3, 0.4) is 0 Å². The van der Waals surface area contributed by atoms with Gasteiger partial charge in [-0.2, -0.15) is 0 Å². The molecule has 0 saturated carbocycles. The maximum atomic E-state index is 12.5. The van der Waals surface area contributed by atoms with Crippen molar-refractivity contribution >= 4 is 22.9 Å². The number of amides is 1. The molecule has 7 heteroatoms. The zero-order valence-corrected chi connectivity index (χ0v) is 20.6. The van der Waals surface area contributed by atoms with Gasteiger partial charge in [0, 0.05) is 43.6 Å². The number of nitrogen functional groups attached to an aromatic ring is 1. The molecule has 2 N–H and O–H groups in total. The fourth-order valence-corrected chi connectivity index (χ4v) is 4.58. The van der Waals surface area contributed by atoms with E-state index in [2.05, 4.69) is 47.4 Å². The Morgan fingerprint density at radius 2 is 1.86 bits per heavy atom. The third-order valence-electron chi connectivity index (χ3n) is 6.63. The van der Waals surface area contributed by atoms with Gasteiger partial charge in [-0.05, 0) is 56.7 Å². The summed E-state index contributed by atoms with van der Waals surface area (Å²) in [6.07, 6.45) is 1.44. The lowest BCUT2D eigenvalue weighted by Gasteiger charge is -2.30. The van der Waals surface area contributed by atoms with Crippen LogP contribution in [-0.2, 0) is 17.9 Å². The Kier molecular flexibility index (Phi) is 5.94. The number of anilines is 2. The Hall–Kier alpha value is -3.84. The summed E-state index contributed by atoms with van der Waals surface area (Å²) in [4.78, 5) is 21.6. The maximum Gasteiger partial charge on any atom is 0.267 e. The minimum Gasteiger partial charge on any atom is -0.479 e. The molecule has 1 aliphatic heterocycles. The zero-order chi connectivity index (χ0) is 24.7. The van der Waals surface area contributed by atoms with Gasteiger partial charge in [-0.25, -0.2) is 4.98 Å². The van der Waals surface area contributed by atoms with Gasteiger partial charge in [0.15, 0.2) is 6.10 Å². The van der Waals surface area contributed by atoms with E-state index in [-0.39, 0.29) is 5.91 Å². The lowest BCUT2D eigenvalue weighted by molar-refractivity contribution is -0.125. The van der Waals surface area contributed by atoms with Gasteiger partial charge in [-0.15, -0.1) is 0 Å². The summed E-state index contributed by atoms with van der Waals surface area (Å²) in [6, 6.07) is 20.5. The number of carbonyl (C=O) groups excluding carboxylic acids is 1. The molecular formula is C28H31N5O2. The molecule has 1 amide bonds. The first kappa shape index (κ1) is 22.9. The monoisotopic (exact) mass is 469 g/mol. The largest absolute Gasteiger partial charge is 0.479 e. The number of carbonyl (C=O) groups is 1. The molecule has 35 heavy (non-hydrogen) atoms. The SMILES string of the molecule is CC1Oc2ccc(-c3nc4ccc(N)cn4c3CN(Cc3ccccc3)C(C)C)cc2N(C)C1=O. The number of hydrogen-bond donors (Lipinski definition) is 1. The summed E-state index contributed by atoms with van der Waals surface area (Å²) in [6.45, 7) is 7.69. The summed E-state index contributed by atoms with van der Waals surface area (Å²) in [5.74, 6) is 0.636. The number of hydrogen-bond acceptors (Lipinski definition) is 5. The molecule has 5 rings (SSSR count). The van der Waals surface area contributed by atoms with Crippen LogP contribution in [0.5, 0.6) is 5.75 Å². The van der Waals surface area contributed by atoms with Crippen LogP contribution in [0.4, 0.5) is 11.4 Å². The Morgan fingerprint density at radius 1 is 1.09 bits per heavy atom. The second-order valence-corrected chi connectivity index (χ2v) is 9.42. The topological polar surface area (TPSA) is 76.1 Å². The molecule has 180 valence electrons. The number of pyridine rings is 1. The number of benzene rings is 2. The minimum absolute atomic E-state index is 0.0634. The molecule has 0 aliphatic carbocycles. The van der Waals surface area contributed by atoms with Crippen molar-refractivity contribution in [2.24, 2.45) is 0 Å². The molecule has 1 unspecified atom stereocenters. The number of rotatable bonds is 6. The summed E-state index contributed by atoms with van der Waals surface area (Å²) in [5, 5.41) is 0. The highest BCUT2D eigenvalue weighted by Gasteiger charge is 2.30. The van der Waals surface area contributed by atoms with Crippen molar-refractivity contribution in [2.75, 3.05) is 17.7 Å². The first-order valence-electron chi connectivity index (χ1n) is 11.9. The molecule has 1 atom stereocenters. The van der Waals surface area contributed by atoms with Crippen LogP contribution in [0.1, 0.15) is 32.0 Å². The molecule has 0 spiro atoms. The molecule has 7 nitrogen and oxygen atoms in total. The second kappa shape index (κ2) is 9.07. The van der Waals surface area contributed by atoms with Crippen molar-refractivity contribution in [1.82, 2.24) is 14.3 Å². The first-order valence-corrected chi connectivity index (χ1v) is 11.9. The van der Waals surface area contributed by atoms with Crippen LogP contribution in [0.25, 0.3) is 16.9 Å². The molecule has 2 aromatic heterocycles. The molecule has 3 heterocycles. The summed E-state index contributed by atoms with van der Waals surface area (Å²) in [7, 11) is 1.79. The molecule has 0 saturated heterocycles. The smallest absolute Gasteiger partial charge is 0.267 e. The lowest BCUT2D eigenvalue weighted by Crippen LogP contribution is -2.41. The van der Waals surface area contributed by atoms with E-state index in [0.29, 0.717) is 24.0 Å². The van der Waals surface area contributed by atoms with Crippen LogP contribution < -0.4 is 15.4 Å². The fraction of sp³-hybridized carbons (Fsp3) is 0.286. The van der Waals surface area contributed by atoms with E-state index in [1.54, 1.807) is 18.9 Å². The highest BCUT2D eigenvalue weighted by Crippen LogP contribution is 2.38. The van der Waals surface area contributed by atoms with E-state index in [0.717, 1.165) is 34.8 Å². The number of likely N-dealkylation sites (N-methyl/N-ethyl adjacent to an activating group) is 1. The van der Waals surface area contributed by atoms with Gasteiger partial charge in [0.1, 0.15) is 11.4 Å². The quantitative estimate of drug-likeness (QED) is 0.442. The predicted molar refractivity (Wildman–Crippen MR) is 139 cm³/mol. The van der Waals surface area contributed by atoms with Gasteiger partial charge in [-0.1, -0.05) is 30.3 Å². The molecular weight excluding hydrogens is 438 g/mol. The molecule has 4 aromatic rings. The number of aromatic nitrogens is 2. The Bertz CT molecular complexity index is 1380. The zero-order valence-electron chi connectivity index (χ0n) is 20.6. The third kappa shape index (κ3) is 4.35. The van der Waals surface area contributed by atoms with Crippen molar-refractivity contribution in [3.05, 3.63) is 78.1 Å². The molecule has 2 aromatic carbocycles. The summed E-state index contributed by atoms with van der Waals surface area (Å²) >= 11 is 0. The maximum absolute atomic E-state index is 12.5. The molecule has 1 aliphatic rings. The van der Waals surface area contributed by atoms with Crippen molar-refractivity contribution in [2.45, 2.75) is 46.0 Å². The number of imidazole rings is 1. The lowest BCUT2D eigenvalue weighted by atomic mass is 10.1. The Labute approximate surface area is 205 Å². The van der Waals surface area contributed by atoms with E-state index in [1.165, 1.54) is 5.56 Å². The first-order chi connectivity index (χ1) is 16.8. The minimum atomic E-state index is -0.496. The van der Waals surface area contributed by atoms with Gasteiger partial charge in [-0.3, -0.25) is 9.69 Å². The number of fused-ring (bicyclic) bond motifs is 2. The standard InChI is InChI=1S/C28H31N5O2/c1-18(2)32(15-20-8-6-5-7-9-20)17-24-27(30-26-13-11-22(29)16-33(24)26)21-10-12-25-23(14-21)31(4)28(34)19(3)35-25/h5-14,16,18-19H,15,17,29H2,1-4H3. The van der Waals surface area contributed by atoms with E-state index < -0.39 is 6.10 Å². The van der Waals surface area contributed by atoms with Gasteiger partial charge in [0.05, 0.1) is 17.1 Å². The van der Waals surface area contributed by atoms with Crippen molar-refractivity contribution < 1.29 is 9.53 Å². The van der Waals surface area contributed by atoms with Gasteiger partial charge >= 0.3 is 0 Å². The van der Waals surface area contributed by atoms with E-state index >= 15 is 0 Å². The van der Waals surface area contributed by atoms with Gasteiger partial charge in [0.2, 0.25) is 0 Å². The van der Waals surface area contributed by atoms with Gasteiger partial charge in [0.25, 0.3) is 5.91 Å². The summed E-state index contributed by atoms with van der Waals surface area (Å²) in [5.41, 5.74) is 12.5. The summed E-state index contributed by atoms with van der Waals surface area (Å²) < 4.78 is 7.91. The van der Waals surface area contributed by atoms with E-state index in [1.807, 2.05) is 42.6 Å². The third-order valence-corrected chi connectivity index (χ3v) is 6.63. The van der Waals surface area contributed by atoms with Crippen LogP contribution in [0, 0.1) is 0 Å². The number of ether oxygens (including phenoxy) is 1. The molecule has 0 fully saturated rings. The second-order valence-electron chi connectivity index (χ2n) is 9.42. The fourth-order valence-electron chi connectivity index (χ4n) is 4.58. The van der Waals surface area contributed by atoms with Crippen molar-refractivity contribution in [1.29, 1.82) is 0 Å². The van der Waals surface area contributed by atoms with Gasteiger partial charge < -0.3 is 19.8 Å². The predicted octanol–water partition coefficient (Wildman–Crippen LogP) is 4.74. The highest BCUT2D eigenvalue weighted by atomic mass is 16.5. The average Bonchev–Trinajstić information content (AvgIpc) is 3.20. The average molecular weight is 470 g/mol. The van der Waals surface area contributed by atoms with E-state index in [4.69, 9.17) is 15.5 Å². The molecule has 0 radical (unpaired) electrons. The Balaban J connectivity index is 1.60. The molecule has 0 bridgehead atoms. The number of nitrogens with two attached hydrogens (primary N) is 1. The van der Waals surface area contributed by atoms with Crippen LogP contribution in [0.2, 0.25) is 0 Å². The van der Waals surface area contributed by atoms with Crippen LogP contribution in [-0.4, -0.2) is 39.4 Å². The van der Waals surface area contributed by atoms with Crippen LogP contribution in [0.15, 0.2) is 66.9 Å². The van der Waals surface area contributed by atoms with Crippen molar-refractivity contribution in [3.8, 4) is 17.0 Å². The normalized spacial score (nSPS) is 15.7. The van der Waals surface area contributed by atoms with Crippen molar-refractivity contribution in [3.63, 3.8) is 0 Å². The highest BCUT2D eigenvalue weighted by molar-refractivity contribution is 6.00. The van der Waals surface area contributed by atoms with Crippen LogP contribution >= 0.6 is 0 Å².